The van der Waals surface area contributed by atoms with Crippen LogP contribution in [0.1, 0.15) is 26.3 Å². The average Bonchev–Trinajstić information content (AvgIpc) is 2.33. The van der Waals surface area contributed by atoms with Gasteiger partial charge in [0.1, 0.15) is 0 Å². The van der Waals surface area contributed by atoms with Gasteiger partial charge < -0.3 is 0 Å². The molecule has 0 spiro atoms. The van der Waals surface area contributed by atoms with Gasteiger partial charge in [0.25, 0.3) is 0 Å². The van der Waals surface area contributed by atoms with Crippen molar-refractivity contribution in [2.45, 2.75) is 20.8 Å². The zero-order chi connectivity index (χ0) is 11.5. The third-order valence-electron chi connectivity index (χ3n) is 1.61. The van der Waals surface area contributed by atoms with Crippen LogP contribution in [0, 0.1) is 11.8 Å². The molecule has 78 valence electrons. The Morgan fingerprint density at radius 1 is 1.20 bits per heavy atom. The van der Waals surface area contributed by atoms with Gasteiger partial charge in [-0.25, -0.2) is 0 Å². The maximum atomic E-state index is 3.65. The van der Waals surface area contributed by atoms with Gasteiger partial charge in [-0.1, -0.05) is 56.5 Å². The van der Waals surface area contributed by atoms with E-state index in [0.29, 0.717) is 0 Å². The molecule has 0 fully saturated rings. The number of hydrogen-bond donors (Lipinski definition) is 0. The van der Waals surface area contributed by atoms with Crippen LogP contribution < -0.4 is 0 Å². The minimum atomic E-state index is 1.04. The summed E-state index contributed by atoms with van der Waals surface area (Å²) in [4.78, 5) is 0. The van der Waals surface area contributed by atoms with Crippen LogP contribution in [0.15, 0.2) is 54.6 Å². The molecule has 0 bridgehead atoms. The van der Waals surface area contributed by atoms with E-state index in [0.717, 1.165) is 11.1 Å². The van der Waals surface area contributed by atoms with E-state index in [1.807, 2.05) is 57.2 Å². The molecule has 0 saturated heterocycles. The summed E-state index contributed by atoms with van der Waals surface area (Å²) in [6.07, 6.45) is 3.65. The molecule has 0 heteroatoms. The standard InChI is InChI=1S/C13H12.C2H6/c1-3-12(2)8-7-11-13-9-5-4-6-10-13;1-2/h3-6,8-10H,1H2,2H3;1-2H3/b12-8-;. The molecule has 0 aromatic heterocycles. The van der Waals surface area contributed by atoms with Gasteiger partial charge in [0, 0.05) is 5.56 Å². The number of hydrogen-bond acceptors (Lipinski definition) is 0. The molecule has 15 heavy (non-hydrogen) atoms. The Labute approximate surface area is 93.3 Å². The van der Waals surface area contributed by atoms with Crippen molar-refractivity contribution < 1.29 is 0 Å². The van der Waals surface area contributed by atoms with Crippen LogP contribution in [0.25, 0.3) is 0 Å². The van der Waals surface area contributed by atoms with Gasteiger partial charge in [-0.3, -0.25) is 0 Å². The summed E-state index contributed by atoms with van der Waals surface area (Å²) in [5.74, 6) is 6.00. The number of rotatable bonds is 1. The Bertz CT molecular complexity index is 358. The van der Waals surface area contributed by atoms with E-state index < -0.39 is 0 Å². The van der Waals surface area contributed by atoms with E-state index in [2.05, 4.69) is 18.4 Å². The summed E-state index contributed by atoms with van der Waals surface area (Å²) in [5.41, 5.74) is 2.12. The highest BCUT2D eigenvalue weighted by atomic mass is 13.8. The third-order valence-corrected chi connectivity index (χ3v) is 1.61. The van der Waals surface area contributed by atoms with Crippen molar-refractivity contribution in [3.05, 3.63) is 60.2 Å². The fourth-order valence-electron chi connectivity index (χ4n) is 0.814. The van der Waals surface area contributed by atoms with E-state index in [1.54, 1.807) is 6.08 Å². The van der Waals surface area contributed by atoms with E-state index >= 15 is 0 Å². The minimum Gasteiger partial charge on any atom is -0.0988 e. The molecule has 0 aliphatic rings. The first kappa shape index (κ1) is 13.3. The van der Waals surface area contributed by atoms with Crippen molar-refractivity contribution in [2.75, 3.05) is 0 Å². The fourth-order valence-corrected chi connectivity index (χ4v) is 0.814. The second-order valence-electron chi connectivity index (χ2n) is 2.73. The van der Waals surface area contributed by atoms with Gasteiger partial charge in [0.05, 0.1) is 0 Å². The first-order valence-corrected chi connectivity index (χ1v) is 5.18. The molecule has 0 N–H and O–H groups in total. The normalized spacial score (nSPS) is 9.13. The molecule has 1 aromatic rings. The predicted octanol–water partition coefficient (Wildman–Crippen LogP) is 4.20. The minimum absolute atomic E-state index is 1.04. The van der Waals surface area contributed by atoms with Crippen LogP contribution >= 0.6 is 0 Å². The molecule has 0 saturated carbocycles. The topological polar surface area (TPSA) is 0 Å². The summed E-state index contributed by atoms with van der Waals surface area (Å²) in [5, 5.41) is 0. The maximum absolute atomic E-state index is 3.65. The van der Waals surface area contributed by atoms with Gasteiger partial charge in [-0.2, -0.15) is 0 Å². The summed E-state index contributed by atoms with van der Waals surface area (Å²) < 4.78 is 0. The zero-order valence-corrected chi connectivity index (χ0v) is 9.75. The lowest BCUT2D eigenvalue weighted by Crippen LogP contribution is -1.70. The van der Waals surface area contributed by atoms with Crippen LogP contribution in [0.5, 0.6) is 0 Å². The molecule has 0 amide bonds. The lowest BCUT2D eigenvalue weighted by molar-refractivity contribution is 1.50. The van der Waals surface area contributed by atoms with E-state index in [9.17, 15) is 0 Å². The van der Waals surface area contributed by atoms with Crippen LogP contribution in [0.3, 0.4) is 0 Å². The van der Waals surface area contributed by atoms with Crippen LogP contribution in [0.4, 0.5) is 0 Å². The fraction of sp³-hybridized carbons (Fsp3) is 0.200. The maximum Gasteiger partial charge on any atom is 0.0248 e. The Kier molecular flexibility index (Phi) is 7.82. The highest BCUT2D eigenvalue weighted by Gasteiger charge is 1.79. The van der Waals surface area contributed by atoms with Gasteiger partial charge in [-0.15, -0.1) is 0 Å². The molecular weight excluding hydrogens is 180 g/mol. The van der Waals surface area contributed by atoms with E-state index in [-0.39, 0.29) is 0 Å². The molecule has 1 aromatic carbocycles. The highest BCUT2D eigenvalue weighted by Crippen LogP contribution is 1.95. The predicted molar refractivity (Wildman–Crippen MR) is 68.6 cm³/mol. The van der Waals surface area contributed by atoms with Crippen molar-refractivity contribution in [1.82, 2.24) is 0 Å². The molecule has 0 aliphatic heterocycles. The lowest BCUT2D eigenvalue weighted by atomic mass is 10.2. The van der Waals surface area contributed by atoms with Crippen LogP contribution in [-0.2, 0) is 0 Å². The molecule has 0 unspecified atom stereocenters. The average molecular weight is 198 g/mol. The molecule has 0 aliphatic carbocycles. The van der Waals surface area contributed by atoms with Gasteiger partial charge in [-0.05, 0) is 30.7 Å². The first-order valence-electron chi connectivity index (χ1n) is 5.18. The summed E-state index contributed by atoms with van der Waals surface area (Å²) in [7, 11) is 0. The largest absolute Gasteiger partial charge is 0.0988 e. The number of allylic oxidation sites excluding steroid dienone is 3. The van der Waals surface area contributed by atoms with E-state index in [1.165, 1.54) is 0 Å². The summed E-state index contributed by atoms with van der Waals surface area (Å²) >= 11 is 0. The Morgan fingerprint density at radius 3 is 2.33 bits per heavy atom. The molecular formula is C15H18. The van der Waals surface area contributed by atoms with Crippen molar-refractivity contribution in [3.63, 3.8) is 0 Å². The second kappa shape index (κ2) is 8.84. The SMILES string of the molecule is C=C/C(C)=C\C#Cc1ccccc1.CC. The quantitative estimate of drug-likeness (QED) is 0.468. The van der Waals surface area contributed by atoms with Crippen molar-refractivity contribution >= 4 is 0 Å². The molecule has 0 atom stereocenters. The second-order valence-corrected chi connectivity index (χ2v) is 2.73. The molecule has 0 nitrogen and oxygen atoms in total. The monoisotopic (exact) mass is 198 g/mol. The smallest absolute Gasteiger partial charge is 0.0248 e. The van der Waals surface area contributed by atoms with Crippen LogP contribution in [0.2, 0.25) is 0 Å². The zero-order valence-electron chi connectivity index (χ0n) is 9.75. The van der Waals surface area contributed by atoms with Crippen molar-refractivity contribution in [2.24, 2.45) is 0 Å². The molecule has 0 heterocycles. The van der Waals surface area contributed by atoms with Gasteiger partial charge >= 0.3 is 0 Å². The Balaban J connectivity index is 0.000000921. The Hall–Kier alpha value is -1.74. The third kappa shape index (κ3) is 6.35. The molecule has 0 radical (unpaired) electrons. The van der Waals surface area contributed by atoms with Crippen molar-refractivity contribution in [3.8, 4) is 11.8 Å². The lowest BCUT2D eigenvalue weighted by Gasteiger charge is -1.85. The summed E-state index contributed by atoms with van der Waals surface area (Å²) in [6.45, 7) is 9.63. The number of benzene rings is 1. The Morgan fingerprint density at radius 2 is 1.80 bits per heavy atom. The molecule has 1 rings (SSSR count). The van der Waals surface area contributed by atoms with Gasteiger partial charge in [0.2, 0.25) is 0 Å². The summed E-state index contributed by atoms with van der Waals surface area (Å²) in [6, 6.07) is 9.92. The van der Waals surface area contributed by atoms with E-state index in [4.69, 9.17) is 0 Å². The van der Waals surface area contributed by atoms with Gasteiger partial charge in [0.15, 0.2) is 0 Å². The highest BCUT2D eigenvalue weighted by molar-refractivity contribution is 5.38. The van der Waals surface area contributed by atoms with Crippen molar-refractivity contribution in [1.29, 1.82) is 0 Å². The first-order chi connectivity index (χ1) is 7.33. The van der Waals surface area contributed by atoms with Crippen LogP contribution in [-0.4, -0.2) is 0 Å².